The van der Waals surface area contributed by atoms with Crippen LogP contribution in [0.15, 0.2) is 71.6 Å². The van der Waals surface area contributed by atoms with E-state index < -0.39 is 8.07 Å². The highest BCUT2D eigenvalue weighted by molar-refractivity contribution is 7.98. The van der Waals surface area contributed by atoms with Crippen LogP contribution in [-0.2, 0) is 33.0 Å². The molecule has 0 aliphatic heterocycles. The number of methoxy groups -OCH3 is 2. The van der Waals surface area contributed by atoms with Gasteiger partial charge in [0.05, 0.1) is 20.3 Å². The third-order valence-corrected chi connectivity index (χ3v) is 9.02. The van der Waals surface area contributed by atoms with Gasteiger partial charge in [0.2, 0.25) is 0 Å². The topological polar surface area (TPSA) is 63.2 Å². The van der Waals surface area contributed by atoms with Gasteiger partial charge in [-0.05, 0) is 65.9 Å². The van der Waals surface area contributed by atoms with E-state index in [1.807, 2.05) is 54.6 Å². The van der Waals surface area contributed by atoms with Gasteiger partial charge in [0.25, 0.3) is 0 Å². The van der Waals surface area contributed by atoms with Crippen LogP contribution in [0.2, 0.25) is 25.7 Å². The van der Waals surface area contributed by atoms with Crippen LogP contribution in [0, 0.1) is 0 Å². The molecule has 0 unspecified atom stereocenters. The van der Waals surface area contributed by atoms with Crippen LogP contribution < -0.4 is 9.47 Å². The highest BCUT2D eigenvalue weighted by Crippen LogP contribution is 2.33. The number of benzene rings is 3. The molecule has 3 rings (SSSR count). The van der Waals surface area contributed by atoms with Crippen molar-refractivity contribution in [3.05, 3.63) is 89.0 Å². The van der Waals surface area contributed by atoms with E-state index in [-0.39, 0.29) is 12.8 Å². The van der Waals surface area contributed by atoms with E-state index in [1.165, 1.54) is 0 Å². The van der Waals surface area contributed by atoms with E-state index >= 15 is 0 Å². The van der Waals surface area contributed by atoms with Crippen molar-refractivity contribution in [2.75, 3.05) is 34.2 Å². The molecule has 8 heteroatoms. The van der Waals surface area contributed by atoms with Crippen molar-refractivity contribution in [1.29, 1.82) is 0 Å². The lowest BCUT2D eigenvalue weighted by molar-refractivity contribution is 0.0436. The molecule has 216 valence electrons. The summed E-state index contributed by atoms with van der Waals surface area (Å²) in [6.07, 6.45) is 1.59. The summed E-state index contributed by atoms with van der Waals surface area (Å²) in [6.45, 7) is 8.42. The van der Waals surface area contributed by atoms with Crippen molar-refractivity contribution in [3.63, 3.8) is 0 Å². The first-order valence-electron chi connectivity index (χ1n) is 13.6. The van der Waals surface area contributed by atoms with Crippen LogP contribution >= 0.6 is 11.8 Å². The third-order valence-electron chi connectivity index (χ3n) is 6.28. The molecule has 0 bridgehead atoms. The molecular formula is C32H42O6SSi. The number of carbonyl (C=O) groups excluding carboxylic acids is 1. The molecule has 0 saturated heterocycles. The van der Waals surface area contributed by atoms with E-state index in [0.717, 1.165) is 46.2 Å². The number of carbonyl (C=O) groups is 1. The minimum absolute atomic E-state index is 0.0546. The lowest BCUT2D eigenvalue weighted by Crippen LogP contribution is -2.23. The number of aryl methyl sites for hydroxylation is 1. The maximum Gasteiger partial charge on any atom is 0.342 e. The second-order valence-electron chi connectivity index (χ2n) is 10.7. The summed E-state index contributed by atoms with van der Waals surface area (Å²) in [5.74, 6) is 1.60. The Morgan fingerprint density at radius 1 is 0.900 bits per heavy atom. The summed E-state index contributed by atoms with van der Waals surface area (Å²) in [5, 5.41) is 0. The monoisotopic (exact) mass is 582 g/mol. The smallest absolute Gasteiger partial charge is 0.342 e. The average Bonchev–Trinajstić information content (AvgIpc) is 2.95. The zero-order valence-electron chi connectivity index (χ0n) is 24.4. The first-order chi connectivity index (χ1) is 19.3. The van der Waals surface area contributed by atoms with Crippen LogP contribution in [0.5, 0.6) is 11.5 Å². The van der Waals surface area contributed by atoms with E-state index in [9.17, 15) is 4.79 Å². The molecule has 0 radical (unpaired) electrons. The van der Waals surface area contributed by atoms with Gasteiger partial charge in [-0.2, -0.15) is 0 Å². The fourth-order valence-electron chi connectivity index (χ4n) is 4.01. The first kappa shape index (κ1) is 31.7. The first-order valence-corrected chi connectivity index (χ1v) is 18.3. The van der Waals surface area contributed by atoms with Crippen LogP contribution in [0.1, 0.15) is 33.5 Å². The van der Waals surface area contributed by atoms with Gasteiger partial charge in [-0.3, -0.25) is 0 Å². The van der Waals surface area contributed by atoms with Gasteiger partial charge in [-0.25, -0.2) is 4.79 Å². The summed E-state index contributed by atoms with van der Waals surface area (Å²) in [6, 6.07) is 22.9. The predicted molar refractivity (Wildman–Crippen MR) is 164 cm³/mol. The highest BCUT2D eigenvalue weighted by atomic mass is 32.2. The Balaban J connectivity index is 1.77. The summed E-state index contributed by atoms with van der Waals surface area (Å²) in [4.78, 5) is 14.6. The SMILES string of the molecule is COCOc1ccc(CCCOCc2ccc(OC)cc2)c(CSc2ccccc2)c1C(=O)OCC[Si](C)(C)C. The third kappa shape index (κ3) is 10.7. The number of rotatable bonds is 17. The number of thioether (sulfide) groups is 1. The van der Waals surface area contributed by atoms with Crippen molar-refractivity contribution < 1.29 is 28.5 Å². The van der Waals surface area contributed by atoms with Crippen molar-refractivity contribution in [2.45, 2.75) is 55.8 Å². The quantitative estimate of drug-likeness (QED) is 0.0533. The molecule has 0 N–H and O–H groups in total. The Labute approximate surface area is 244 Å². The van der Waals surface area contributed by atoms with Gasteiger partial charge < -0.3 is 23.7 Å². The van der Waals surface area contributed by atoms with Crippen molar-refractivity contribution in [3.8, 4) is 11.5 Å². The molecule has 0 atom stereocenters. The highest BCUT2D eigenvalue weighted by Gasteiger charge is 2.23. The Bertz CT molecular complexity index is 1180. The van der Waals surface area contributed by atoms with Crippen molar-refractivity contribution >= 4 is 25.8 Å². The molecule has 0 aliphatic carbocycles. The van der Waals surface area contributed by atoms with Gasteiger partial charge in [0.1, 0.15) is 17.1 Å². The van der Waals surface area contributed by atoms with Gasteiger partial charge >= 0.3 is 5.97 Å². The molecule has 0 amide bonds. The second kappa shape index (κ2) is 16.5. The van der Waals surface area contributed by atoms with Gasteiger partial charge in [0.15, 0.2) is 6.79 Å². The molecule has 6 nitrogen and oxygen atoms in total. The molecule has 3 aromatic carbocycles. The molecule has 0 fully saturated rings. The van der Waals surface area contributed by atoms with Crippen LogP contribution in [-0.4, -0.2) is 48.3 Å². The summed E-state index contributed by atoms with van der Waals surface area (Å²) >= 11 is 1.69. The molecule has 40 heavy (non-hydrogen) atoms. The molecule has 3 aromatic rings. The average molecular weight is 583 g/mol. The minimum atomic E-state index is -1.35. The molecular weight excluding hydrogens is 540 g/mol. The van der Waals surface area contributed by atoms with Gasteiger partial charge in [-0.15, -0.1) is 11.8 Å². The number of hydrogen-bond acceptors (Lipinski definition) is 7. The Morgan fingerprint density at radius 3 is 2.33 bits per heavy atom. The predicted octanol–water partition coefficient (Wildman–Crippen LogP) is 7.61. The van der Waals surface area contributed by atoms with E-state index in [2.05, 4.69) is 31.8 Å². The fraction of sp³-hybridized carbons (Fsp3) is 0.406. The van der Waals surface area contributed by atoms with Crippen LogP contribution in [0.4, 0.5) is 0 Å². The van der Waals surface area contributed by atoms with Crippen LogP contribution in [0.3, 0.4) is 0 Å². The normalized spacial score (nSPS) is 11.3. The van der Waals surface area contributed by atoms with Crippen molar-refractivity contribution in [2.24, 2.45) is 0 Å². The maximum absolute atomic E-state index is 13.5. The minimum Gasteiger partial charge on any atom is -0.497 e. The standard InChI is InChI=1S/C32H42O6SSi/c1-34-24-38-30-18-15-26(10-9-19-36-22-25-13-16-27(35-2)17-14-25)29(23-39-28-11-7-6-8-12-28)31(30)32(33)37-20-21-40(3,4)5/h6-8,11-18H,9-10,19-24H2,1-5H3. The molecule has 0 heterocycles. The number of hydrogen-bond donors (Lipinski definition) is 0. The largest absolute Gasteiger partial charge is 0.497 e. The van der Waals surface area contributed by atoms with Crippen molar-refractivity contribution in [1.82, 2.24) is 0 Å². The summed E-state index contributed by atoms with van der Waals surface area (Å²) in [7, 11) is 1.88. The Hall–Kier alpha value is -2.78. The van der Waals surface area contributed by atoms with Gasteiger partial charge in [-0.1, -0.05) is 56.0 Å². The lowest BCUT2D eigenvalue weighted by Gasteiger charge is -2.20. The molecule has 0 saturated carbocycles. The van der Waals surface area contributed by atoms with E-state index in [4.69, 9.17) is 23.7 Å². The zero-order chi connectivity index (χ0) is 28.8. The Kier molecular flexibility index (Phi) is 13.1. The van der Waals surface area contributed by atoms with E-state index in [0.29, 0.717) is 36.9 Å². The molecule has 0 aliphatic rings. The lowest BCUT2D eigenvalue weighted by atomic mass is 9.97. The number of ether oxygens (including phenoxy) is 5. The molecule has 0 aromatic heterocycles. The summed E-state index contributed by atoms with van der Waals surface area (Å²) in [5.41, 5.74) is 3.63. The fourth-order valence-corrected chi connectivity index (χ4v) is 5.71. The Morgan fingerprint density at radius 2 is 1.65 bits per heavy atom. The second-order valence-corrected chi connectivity index (χ2v) is 17.3. The van der Waals surface area contributed by atoms with Crippen LogP contribution in [0.25, 0.3) is 0 Å². The molecule has 0 spiro atoms. The van der Waals surface area contributed by atoms with Gasteiger partial charge in [0, 0.05) is 32.4 Å². The zero-order valence-corrected chi connectivity index (χ0v) is 26.2. The summed E-state index contributed by atoms with van der Waals surface area (Å²) < 4.78 is 28.0. The van der Waals surface area contributed by atoms with E-state index in [1.54, 1.807) is 26.0 Å². The number of esters is 1. The maximum atomic E-state index is 13.5.